The Morgan fingerprint density at radius 1 is 0.857 bits per heavy atom. The van der Waals surface area contributed by atoms with Crippen molar-refractivity contribution in [2.24, 2.45) is 0 Å². The van der Waals surface area contributed by atoms with E-state index in [9.17, 15) is 4.79 Å². The Kier molecular flexibility index (Phi) is 6.22. The summed E-state index contributed by atoms with van der Waals surface area (Å²) in [7, 11) is 0. The largest absolute Gasteiger partial charge is 0.489 e. The summed E-state index contributed by atoms with van der Waals surface area (Å²) in [6.45, 7) is 4.46. The van der Waals surface area contributed by atoms with Crippen molar-refractivity contribution in [3.8, 4) is 17.0 Å². The number of ether oxygens (including phenoxy) is 1. The van der Waals surface area contributed by atoms with Crippen molar-refractivity contribution in [3.63, 3.8) is 0 Å². The van der Waals surface area contributed by atoms with Crippen LogP contribution in [0, 0.1) is 13.8 Å². The Morgan fingerprint density at radius 3 is 2.37 bits per heavy atom. The van der Waals surface area contributed by atoms with Gasteiger partial charge >= 0.3 is 0 Å². The number of nitrogens with one attached hydrogen (secondary N) is 1. The van der Waals surface area contributed by atoms with Crippen molar-refractivity contribution in [1.82, 2.24) is 9.97 Å². The van der Waals surface area contributed by atoms with E-state index in [2.05, 4.69) is 10.3 Å². The number of nitrogens with zero attached hydrogens (tertiary/aromatic N) is 2. The van der Waals surface area contributed by atoms with Gasteiger partial charge < -0.3 is 10.1 Å². The molecule has 0 radical (unpaired) electrons. The third kappa shape index (κ3) is 5.20. The molecule has 0 bridgehead atoms. The zero-order valence-electron chi connectivity index (χ0n) is 19.7. The van der Waals surface area contributed by atoms with Crippen molar-refractivity contribution in [3.05, 3.63) is 119 Å². The van der Waals surface area contributed by atoms with Crippen LogP contribution in [0.1, 0.15) is 27.0 Å². The maximum absolute atomic E-state index is 12.9. The fourth-order valence-corrected chi connectivity index (χ4v) is 3.76. The van der Waals surface area contributed by atoms with Gasteiger partial charge in [-0.2, -0.15) is 0 Å². The van der Waals surface area contributed by atoms with Crippen molar-refractivity contribution >= 4 is 22.6 Å². The molecular weight excluding hydrogens is 434 g/mol. The Bertz CT molecular complexity index is 1490. The summed E-state index contributed by atoms with van der Waals surface area (Å²) in [5.41, 5.74) is 7.83. The normalized spacial score (nSPS) is 10.8. The summed E-state index contributed by atoms with van der Waals surface area (Å²) < 4.78 is 5.83. The molecule has 1 amide bonds. The van der Waals surface area contributed by atoms with E-state index in [1.807, 2.05) is 105 Å². The maximum atomic E-state index is 12.9. The molecule has 5 nitrogen and oxygen atoms in total. The van der Waals surface area contributed by atoms with E-state index in [0.717, 1.165) is 44.9 Å². The molecule has 172 valence electrons. The standard InChI is InChI=1S/C30H25N3O2/c1-20-7-15-25(16-8-20)35-19-22-10-13-23(14-11-22)30(34)33-28-17-24(12-9-21(28)2)29-18-31-26-5-3-4-6-27(26)32-29/h3-18H,19H2,1-2H3,(H,33,34). The van der Waals surface area contributed by atoms with Gasteiger partial charge in [-0.05, 0) is 67.4 Å². The van der Waals surface area contributed by atoms with Gasteiger partial charge in [-0.25, -0.2) is 4.98 Å². The third-order valence-electron chi connectivity index (χ3n) is 5.87. The number of para-hydroxylation sites is 2. The van der Waals surface area contributed by atoms with Gasteiger partial charge in [0.2, 0.25) is 0 Å². The average Bonchev–Trinajstić information content (AvgIpc) is 2.89. The summed E-state index contributed by atoms with van der Waals surface area (Å²) in [5.74, 6) is 0.657. The topological polar surface area (TPSA) is 64.1 Å². The molecular formula is C30H25N3O2. The summed E-state index contributed by atoms with van der Waals surface area (Å²) in [6, 6.07) is 29.1. The van der Waals surface area contributed by atoms with E-state index < -0.39 is 0 Å². The number of anilines is 1. The lowest BCUT2D eigenvalue weighted by Crippen LogP contribution is -2.13. The molecule has 0 unspecified atom stereocenters. The quantitative estimate of drug-likeness (QED) is 0.305. The number of carbonyl (C=O) groups excluding carboxylic acids is 1. The second-order valence-corrected chi connectivity index (χ2v) is 8.53. The van der Waals surface area contributed by atoms with Crippen LogP contribution in [0.4, 0.5) is 5.69 Å². The van der Waals surface area contributed by atoms with Crippen LogP contribution in [0.5, 0.6) is 5.75 Å². The van der Waals surface area contributed by atoms with E-state index in [4.69, 9.17) is 9.72 Å². The van der Waals surface area contributed by atoms with Crippen LogP contribution in [0.25, 0.3) is 22.3 Å². The van der Waals surface area contributed by atoms with E-state index in [-0.39, 0.29) is 5.91 Å². The van der Waals surface area contributed by atoms with Gasteiger partial charge in [-0.1, -0.05) is 54.1 Å². The monoisotopic (exact) mass is 459 g/mol. The molecule has 1 aromatic heterocycles. The first kappa shape index (κ1) is 22.3. The molecule has 0 saturated heterocycles. The lowest BCUT2D eigenvalue weighted by Gasteiger charge is -2.12. The van der Waals surface area contributed by atoms with Gasteiger partial charge in [0.1, 0.15) is 12.4 Å². The Hall–Kier alpha value is -4.51. The molecule has 1 N–H and O–H groups in total. The van der Waals surface area contributed by atoms with Gasteiger partial charge in [0.15, 0.2) is 0 Å². The van der Waals surface area contributed by atoms with Crippen molar-refractivity contribution in [1.29, 1.82) is 0 Å². The molecule has 5 rings (SSSR count). The Balaban J connectivity index is 1.28. The number of fused-ring (bicyclic) bond motifs is 1. The number of hydrogen-bond donors (Lipinski definition) is 1. The molecule has 0 atom stereocenters. The summed E-state index contributed by atoms with van der Waals surface area (Å²) in [5, 5.41) is 3.04. The predicted octanol–water partition coefficient (Wildman–Crippen LogP) is 6.74. The fraction of sp³-hybridized carbons (Fsp3) is 0.100. The van der Waals surface area contributed by atoms with Crippen LogP contribution < -0.4 is 10.1 Å². The van der Waals surface area contributed by atoms with E-state index in [0.29, 0.717) is 12.2 Å². The molecule has 0 aliphatic rings. The van der Waals surface area contributed by atoms with Crippen LogP contribution >= 0.6 is 0 Å². The molecule has 5 aromatic rings. The van der Waals surface area contributed by atoms with Gasteiger partial charge in [-0.3, -0.25) is 9.78 Å². The Labute approximate surface area is 204 Å². The van der Waals surface area contributed by atoms with Crippen molar-refractivity contribution in [2.45, 2.75) is 20.5 Å². The molecule has 0 fully saturated rings. The molecule has 0 aliphatic carbocycles. The molecule has 5 heteroatoms. The number of rotatable bonds is 6. The number of benzene rings is 4. The highest BCUT2D eigenvalue weighted by Crippen LogP contribution is 2.25. The lowest BCUT2D eigenvalue weighted by molar-refractivity contribution is 0.102. The zero-order chi connectivity index (χ0) is 24.2. The van der Waals surface area contributed by atoms with Crippen LogP contribution in [0.3, 0.4) is 0 Å². The van der Waals surface area contributed by atoms with Crippen molar-refractivity contribution in [2.75, 3.05) is 5.32 Å². The second kappa shape index (κ2) is 9.77. The zero-order valence-corrected chi connectivity index (χ0v) is 19.7. The number of amides is 1. The minimum absolute atomic E-state index is 0.166. The number of hydrogen-bond acceptors (Lipinski definition) is 4. The van der Waals surface area contributed by atoms with Crippen LogP contribution in [0.2, 0.25) is 0 Å². The summed E-state index contributed by atoms with van der Waals surface area (Å²) >= 11 is 0. The first-order valence-corrected chi connectivity index (χ1v) is 11.5. The minimum Gasteiger partial charge on any atom is -0.489 e. The smallest absolute Gasteiger partial charge is 0.255 e. The molecule has 0 aliphatic heterocycles. The second-order valence-electron chi connectivity index (χ2n) is 8.53. The van der Waals surface area contributed by atoms with Gasteiger partial charge in [0.05, 0.1) is 22.9 Å². The van der Waals surface area contributed by atoms with Gasteiger partial charge in [-0.15, -0.1) is 0 Å². The summed E-state index contributed by atoms with van der Waals surface area (Å²) in [4.78, 5) is 22.2. The van der Waals surface area contributed by atoms with E-state index in [1.54, 1.807) is 6.20 Å². The molecule has 1 heterocycles. The molecule has 0 spiro atoms. The van der Waals surface area contributed by atoms with E-state index in [1.165, 1.54) is 5.56 Å². The van der Waals surface area contributed by atoms with Crippen LogP contribution in [-0.2, 0) is 6.61 Å². The highest BCUT2D eigenvalue weighted by atomic mass is 16.5. The molecule has 0 saturated carbocycles. The summed E-state index contributed by atoms with van der Waals surface area (Å²) in [6.07, 6.45) is 1.76. The van der Waals surface area contributed by atoms with Crippen molar-refractivity contribution < 1.29 is 9.53 Å². The van der Waals surface area contributed by atoms with Gasteiger partial charge in [0.25, 0.3) is 5.91 Å². The number of aromatic nitrogens is 2. The molecule has 35 heavy (non-hydrogen) atoms. The number of aryl methyl sites for hydroxylation is 2. The average molecular weight is 460 g/mol. The predicted molar refractivity (Wildman–Crippen MR) is 140 cm³/mol. The Morgan fingerprint density at radius 2 is 1.60 bits per heavy atom. The van der Waals surface area contributed by atoms with Crippen LogP contribution in [0.15, 0.2) is 97.2 Å². The van der Waals surface area contributed by atoms with Gasteiger partial charge in [0, 0.05) is 16.8 Å². The number of carbonyl (C=O) groups is 1. The first-order valence-electron chi connectivity index (χ1n) is 11.5. The van der Waals surface area contributed by atoms with E-state index >= 15 is 0 Å². The highest BCUT2D eigenvalue weighted by Gasteiger charge is 2.11. The fourth-order valence-electron chi connectivity index (χ4n) is 3.76. The van der Waals surface area contributed by atoms with Crippen LogP contribution in [-0.4, -0.2) is 15.9 Å². The maximum Gasteiger partial charge on any atom is 0.255 e. The first-order chi connectivity index (χ1) is 17.0. The lowest BCUT2D eigenvalue weighted by atomic mass is 10.1. The minimum atomic E-state index is -0.166. The highest BCUT2D eigenvalue weighted by molar-refractivity contribution is 6.05. The SMILES string of the molecule is Cc1ccc(OCc2ccc(C(=O)Nc3cc(-c4cnc5ccccc5n4)ccc3C)cc2)cc1. The molecule has 4 aromatic carbocycles. The third-order valence-corrected chi connectivity index (χ3v) is 5.87.